The smallest absolute Gasteiger partial charge is 0.414 e. The van der Waals surface area contributed by atoms with E-state index in [1.54, 1.807) is 0 Å². The Morgan fingerprint density at radius 3 is 1.86 bits per heavy atom. The Kier molecular flexibility index (Phi) is 13.8. The SMILES string of the molecule is C[C@@H]1C[C@@H](C)CN(CCCOc2ccc(C3=NCCCC3)cc2)C1.O=C(O)C(=O)O.O=C(O)C(=O)O. The number of benzene rings is 1. The summed E-state index contributed by atoms with van der Waals surface area (Å²) in [6.45, 7) is 10.2. The first kappa shape index (κ1) is 30.6. The lowest BCUT2D eigenvalue weighted by molar-refractivity contribution is -0.159. The van der Waals surface area contributed by atoms with Crippen molar-refractivity contribution in [2.45, 2.75) is 46.0 Å². The highest BCUT2D eigenvalue weighted by atomic mass is 16.5. The van der Waals surface area contributed by atoms with E-state index in [0.29, 0.717) is 0 Å². The normalized spacial score (nSPS) is 19.3. The van der Waals surface area contributed by atoms with E-state index >= 15 is 0 Å². The van der Waals surface area contributed by atoms with Crippen molar-refractivity contribution in [2.24, 2.45) is 16.8 Å². The van der Waals surface area contributed by atoms with Crippen molar-refractivity contribution < 1.29 is 44.3 Å². The topological polar surface area (TPSA) is 174 Å². The van der Waals surface area contributed by atoms with Crippen LogP contribution in [-0.2, 0) is 19.2 Å². The second-order valence-electron chi connectivity index (χ2n) is 8.94. The van der Waals surface area contributed by atoms with Gasteiger partial charge in [0.2, 0.25) is 0 Å². The summed E-state index contributed by atoms with van der Waals surface area (Å²) in [5.41, 5.74) is 2.53. The molecule has 1 saturated heterocycles. The Bertz CT molecular complexity index is 841. The predicted octanol–water partition coefficient (Wildman–Crippen LogP) is 2.72. The number of carbonyl (C=O) groups is 4. The highest BCUT2D eigenvalue weighted by molar-refractivity contribution is 6.27. The Morgan fingerprint density at radius 2 is 1.42 bits per heavy atom. The molecule has 11 heteroatoms. The van der Waals surface area contributed by atoms with Crippen LogP contribution in [-0.4, -0.2) is 87.7 Å². The maximum atomic E-state index is 9.10. The number of aliphatic imine (C=N–C) groups is 1. The summed E-state index contributed by atoms with van der Waals surface area (Å²) in [4.78, 5) is 43.6. The number of carboxylic acid groups (broad SMARTS) is 4. The minimum atomic E-state index is -1.82. The van der Waals surface area contributed by atoms with Crippen molar-refractivity contribution in [3.8, 4) is 5.75 Å². The number of hydrogen-bond acceptors (Lipinski definition) is 7. The molecule has 0 bridgehead atoms. The number of likely N-dealkylation sites (tertiary alicyclic amines) is 1. The van der Waals surface area contributed by atoms with Crippen LogP contribution in [0.1, 0.15) is 51.5 Å². The van der Waals surface area contributed by atoms with Gasteiger partial charge in [-0.15, -0.1) is 0 Å². The first-order chi connectivity index (χ1) is 17.0. The van der Waals surface area contributed by atoms with Crippen molar-refractivity contribution in [1.29, 1.82) is 0 Å². The zero-order valence-corrected chi connectivity index (χ0v) is 20.8. The van der Waals surface area contributed by atoms with Crippen LogP contribution in [0.15, 0.2) is 29.3 Å². The van der Waals surface area contributed by atoms with Crippen molar-refractivity contribution in [1.82, 2.24) is 4.90 Å². The van der Waals surface area contributed by atoms with Crippen LogP contribution >= 0.6 is 0 Å². The van der Waals surface area contributed by atoms with Crippen LogP contribution in [0.2, 0.25) is 0 Å². The van der Waals surface area contributed by atoms with Crippen molar-refractivity contribution in [3.05, 3.63) is 29.8 Å². The van der Waals surface area contributed by atoms with E-state index in [2.05, 4.69) is 48.0 Å². The van der Waals surface area contributed by atoms with E-state index in [0.717, 1.165) is 50.1 Å². The summed E-state index contributed by atoms with van der Waals surface area (Å²) in [6, 6.07) is 8.51. The largest absolute Gasteiger partial charge is 0.494 e. The molecule has 0 unspecified atom stereocenters. The molecular weight excluding hydrogens is 472 g/mol. The van der Waals surface area contributed by atoms with Gasteiger partial charge in [-0.1, -0.05) is 13.8 Å². The van der Waals surface area contributed by atoms with Gasteiger partial charge < -0.3 is 30.1 Å². The number of carboxylic acids is 4. The second-order valence-corrected chi connectivity index (χ2v) is 8.94. The lowest BCUT2D eigenvalue weighted by Crippen LogP contribution is -2.39. The fourth-order valence-corrected chi connectivity index (χ4v) is 4.13. The van der Waals surface area contributed by atoms with E-state index in [1.807, 2.05) is 0 Å². The number of hydrogen-bond donors (Lipinski definition) is 4. The monoisotopic (exact) mass is 508 g/mol. The summed E-state index contributed by atoms with van der Waals surface area (Å²) in [7, 11) is 0. The van der Waals surface area contributed by atoms with Gasteiger partial charge in [-0.05, 0) is 73.8 Å². The van der Waals surface area contributed by atoms with E-state index in [9.17, 15) is 0 Å². The molecule has 0 aliphatic carbocycles. The fraction of sp³-hybridized carbons (Fsp3) is 0.560. The van der Waals surface area contributed by atoms with Gasteiger partial charge in [0.1, 0.15) is 5.75 Å². The molecule has 0 amide bonds. The van der Waals surface area contributed by atoms with Gasteiger partial charge in [0, 0.05) is 31.9 Å². The van der Waals surface area contributed by atoms with Crippen LogP contribution in [0.4, 0.5) is 0 Å². The van der Waals surface area contributed by atoms with Crippen LogP contribution in [0, 0.1) is 11.8 Å². The van der Waals surface area contributed by atoms with Gasteiger partial charge in [-0.2, -0.15) is 0 Å². The number of piperidine rings is 1. The first-order valence-corrected chi connectivity index (χ1v) is 11.9. The summed E-state index contributed by atoms with van der Waals surface area (Å²) < 4.78 is 5.93. The highest BCUT2D eigenvalue weighted by Crippen LogP contribution is 2.21. The summed E-state index contributed by atoms with van der Waals surface area (Å²) in [6.07, 6.45) is 6.11. The molecule has 2 aliphatic heterocycles. The Balaban J connectivity index is 0.000000450. The third kappa shape index (κ3) is 12.8. The molecule has 1 aromatic carbocycles. The lowest BCUT2D eigenvalue weighted by Gasteiger charge is -2.34. The van der Waals surface area contributed by atoms with E-state index in [4.69, 9.17) is 44.3 Å². The highest BCUT2D eigenvalue weighted by Gasteiger charge is 2.21. The third-order valence-corrected chi connectivity index (χ3v) is 5.51. The number of aliphatic carboxylic acids is 4. The summed E-state index contributed by atoms with van der Waals surface area (Å²) in [5, 5.41) is 29.6. The zero-order chi connectivity index (χ0) is 27.1. The van der Waals surface area contributed by atoms with E-state index < -0.39 is 23.9 Å². The van der Waals surface area contributed by atoms with Crippen LogP contribution in [0.25, 0.3) is 0 Å². The average molecular weight is 509 g/mol. The van der Waals surface area contributed by atoms with E-state index in [1.165, 1.54) is 43.6 Å². The van der Waals surface area contributed by atoms with Gasteiger partial charge in [-0.3, -0.25) is 4.99 Å². The fourth-order valence-electron chi connectivity index (χ4n) is 4.13. The summed E-state index contributed by atoms with van der Waals surface area (Å²) >= 11 is 0. The van der Waals surface area contributed by atoms with Crippen molar-refractivity contribution in [2.75, 3.05) is 32.8 Å². The molecule has 1 fully saturated rings. The number of ether oxygens (including phenoxy) is 1. The molecule has 200 valence electrons. The minimum absolute atomic E-state index is 0.805. The predicted molar refractivity (Wildman–Crippen MR) is 132 cm³/mol. The van der Waals surface area contributed by atoms with Crippen molar-refractivity contribution in [3.63, 3.8) is 0 Å². The molecule has 2 atom stereocenters. The molecule has 0 radical (unpaired) electrons. The lowest BCUT2D eigenvalue weighted by atomic mass is 9.92. The molecule has 36 heavy (non-hydrogen) atoms. The summed E-state index contributed by atoms with van der Waals surface area (Å²) in [5.74, 6) is -4.64. The Morgan fingerprint density at radius 1 is 0.889 bits per heavy atom. The molecule has 3 rings (SSSR count). The van der Waals surface area contributed by atoms with Gasteiger partial charge in [0.05, 0.1) is 6.61 Å². The molecule has 2 heterocycles. The van der Waals surface area contributed by atoms with Crippen LogP contribution in [0.3, 0.4) is 0 Å². The first-order valence-electron chi connectivity index (χ1n) is 11.9. The second kappa shape index (κ2) is 16.2. The number of nitrogens with zero attached hydrogens (tertiary/aromatic N) is 2. The maximum Gasteiger partial charge on any atom is 0.414 e. The maximum absolute atomic E-state index is 9.10. The molecule has 4 N–H and O–H groups in total. The third-order valence-electron chi connectivity index (χ3n) is 5.51. The average Bonchev–Trinajstić information content (AvgIpc) is 2.83. The molecule has 2 aliphatic rings. The Labute approximate surface area is 210 Å². The number of rotatable bonds is 6. The zero-order valence-electron chi connectivity index (χ0n) is 20.8. The van der Waals surface area contributed by atoms with Crippen LogP contribution < -0.4 is 4.74 Å². The van der Waals surface area contributed by atoms with Gasteiger partial charge in [0.15, 0.2) is 0 Å². The van der Waals surface area contributed by atoms with E-state index in [-0.39, 0.29) is 0 Å². The quantitative estimate of drug-likeness (QED) is 0.330. The molecule has 0 spiro atoms. The molecule has 11 nitrogen and oxygen atoms in total. The molecular formula is C25H36N2O9. The Hall–Kier alpha value is -3.47. The van der Waals surface area contributed by atoms with Crippen LogP contribution in [0.5, 0.6) is 5.75 Å². The van der Waals surface area contributed by atoms with Gasteiger partial charge >= 0.3 is 23.9 Å². The molecule has 1 aromatic rings. The standard InChI is InChI=1S/C21H32N2O.2C2H2O4/c1-17-14-18(2)16-23(15-17)12-5-13-24-20-9-7-19(8-10-20)21-6-3-4-11-22-21;2*3-1(4)2(5)6/h7-10,17-18H,3-6,11-16H2,1-2H3;2*(H,3,4)(H,5,6)/t17-,18-;;/m1../s1. The van der Waals surface area contributed by atoms with Gasteiger partial charge in [-0.25, -0.2) is 19.2 Å². The van der Waals surface area contributed by atoms with Gasteiger partial charge in [0.25, 0.3) is 0 Å². The minimum Gasteiger partial charge on any atom is -0.494 e. The van der Waals surface area contributed by atoms with Crippen molar-refractivity contribution >= 4 is 29.6 Å². The molecule has 0 saturated carbocycles. The molecule has 0 aromatic heterocycles.